The van der Waals surface area contributed by atoms with Gasteiger partial charge in [-0.3, -0.25) is 0 Å². The van der Waals surface area contributed by atoms with E-state index < -0.39 is 0 Å². The lowest BCUT2D eigenvalue weighted by molar-refractivity contribution is 0.174. The van der Waals surface area contributed by atoms with Gasteiger partial charge in [0.2, 0.25) is 6.79 Å². The Morgan fingerprint density at radius 1 is 1.33 bits per heavy atom. The van der Waals surface area contributed by atoms with Gasteiger partial charge in [0.25, 0.3) is 0 Å². The number of fused-ring (bicyclic) bond motifs is 1. The molecule has 0 saturated heterocycles. The monoisotopic (exact) mass is 270 g/mol. The Bertz CT molecular complexity index is 405. The van der Waals surface area contributed by atoms with Gasteiger partial charge >= 0.3 is 0 Å². The van der Waals surface area contributed by atoms with E-state index in [0.717, 1.165) is 21.5 Å². The molecule has 0 saturated carbocycles. The Kier molecular flexibility index (Phi) is 2.81. The number of benzene rings is 1. The van der Waals surface area contributed by atoms with Crippen molar-refractivity contribution in [2.75, 3.05) is 20.9 Å². The fourth-order valence-corrected chi connectivity index (χ4v) is 1.63. The minimum Gasteiger partial charge on any atom is -0.454 e. The quantitative estimate of drug-likeness (QED) is 0.610. The van der Waals surface area contributed by atoms with Gasteiger partial charge in [0, 0.05) is 24.1 Å². The number of hydrazone groups is 1. The van der Waals surface area contributed by atoms with E-state index in [4.69, 9.17) is 9.47 Å². The Morgan fingerprint density at radius 3 is 2.67 bits per heavy atom. The molecule has 80 valence electrons. The van der Waals surface area contributed by atoms with Crippen molar-refractivity contribution >= 4 is 22.1 Å². The van der Waals surface area contributed by atoms with Gasteiger partial charge in [0.15, 0.2) is 11.5 Å². The van der Waals surface area contributed by atoms with Gasteiger partial charge < -0.3 is 14.5 Å². The summed E-state index contributed by atoms with van der Waals surface area (Å²) >= 11 is 3.45. The molecule has 15 heavy (non-hydrogen) atoms. The van der Waals surface area contributed by atoms with E-state index in [9.17, 15) is 0 Å². The van der Waals surface area contributed by atoms with Crippen molar-refractivity contribution in [1.29, 1.82) is 0 Å². The molecule has 1 aliphatic heterocycles. The third-order valence-corrected chi connectivity index (χ3v) is 2.61. The Hall–Kier alpha value is -1.23. The normalized spacial score (nSPS) is 13.5. The van der Waals surface area contributed by atoms with Gasteiger partial charge in [-0.1, -0.05) is 0 Å². The van der Waals surface area contributed by atoms with Crippen LogP contribution in [0.3, 0.4) is 0 Å². The highest BCUT2D eigenvalue weighted by molar-refractivity contribution is 9.10. The van der Waals surface area contributed by atoms with E-state index in [1.807, 2.05) is 26.2 Å². The van der Waals surface area contributed by atoms with Crippen molar-refractivity contribution in [3.8, 4) is 11.5 Å². The first kappa shape index (κ1) is 10.3. The number of hydrogen-bond donors (Lipinski definition) is 0. The lowest BCUT2D eigenvalue weighted by atomic mass is 10.2. The second kappa shape index (κ2) is 4.10. The Labute approximate surface area is 96.6 Å². The molecule has 0 bridgehead atoms. The van der Waals surface area contributed by atoms with Crippen molar-refractivity contribution in [2.45, 2.75) is 0 Å². The molecule has 0 unspecified atom stereocenters. The molecule has 5 heteroatoms. The second-order valence-corrected chi connectivity index (χ2v) is 4.17. The van der Waals surface area contributed by atoms with Gasteiger partial charge in [-0.25, -0.2) is 0 Å². The van der Waals surface area contributed by atoms with Crippen molar-refractivity contribution in [3.63, 3.8) is 0 Å². The van der Waals surface area contributed by atoms with E-state index >= 15 is 0 Å². The predicted octanol–water partition coefficient (Wildman–Crippen LogP) is 2.07. The number of ether oxygens (including phenoxy) is 2. The molecule has 1 aliphatic rings. The van der Waals surface area contributed by atoms with E-state index in [0.29, 0.717) is 0 Å². The first-order valence-electron chi connectivity index (χ1n) is 4.47. The van der Waals surface area contributed by atoms with Crippen molar-refractivity contribution in [2.24, 2.45) is 5.10 Å². The summed E-state index contributed by atoms with van der Waals surface area (Å²) in [4.78, 5) is 0. The average Bonchev–Trinajstić information content (AvgIpc) is 2.60. The first-order valence-corrected chi connectivity index (χ1v) is 5.26. The van der Waals surface area contributed by atoms with Crippen LogP contribution in [0.25, 0.3) is 0 Å². The fraction of sp³-hybridized carbons (Fsp3) is 0.300. The lowest BCUT2D eigenvalue weighted by Crippen LogP contribution is -2.02. The van der Waals surface area contributed by atoms with Gasteiger partial charge in [-0.05, 0) is 28.1 Å². The minimum absolute atomic E-state index is 0.288. The highest BCUT2D eigenvalue weighted by Gasteiger charge is 2.15. The largest absolute Gasteiger partial charge is 0.454 e. The molecule has 1 heterocycles. The summed E-state index contributed by atoms with van der Waals surface area (Å²) in [5, 5.41) is 5.90. The van der Waals surface area contributed by atoms with Gasteiger partial charge in [0.05, 0.1) is 6.21 Å². The van der Waals surface area contributed by atoms with Crippen molar-refractivity contribution < 1.29 is 9.47 Å². The molecule has 2 rings (SSSR count). The summed E-state index contributed by atoms with van der Waals surface area (Å²) in [6.45, 7) is 0.288. The number of rotatable bonds is 2. The van der Waals surface area contributed by atoms with Gasteiger partial charge in [0.1, 0.15) is 0 Å². The average molecular weight is 271 g/mol. The second-order valence-electron chi connectivity index (χ2n) is 3.32. The van der Waals surface area contributed by atoms with Crippen molar-refractivity contribution in [3.05, 3.63) is 22.2 Å². The van der Waals surface area contributed by atoms with Crippen LogP contribution in [0.4, 0.5) is 0 Å². The number of halogens is 1. The molecule has 1 aromatic rings. The molecule has 0 aliphatic carbocycles. The highest BCUT2D eigenvalue weighted by Crippen LogP contribution is 2.36. The van der Waals surface area contributed by atoms with Crippen LogP contribution in [0.5, 0.6) is 11.5 Å². The topological polar surface area (TPSA) is 34.1 Å². The molecule has 0 atom stereocenters. The van der Waals surface area contributed by atoms with Crippen molar-refractivity contribution in [1.82, 2.24) is 5.01 Å². The summed E-state index contributed by atoms with van der Waals surface area (Å²) in [6, 6.07) is 3.79. The summed E-state index contributed by atoms with van der Waals surface area (Å²) < 4.78 is 11.5. The highest BCUT2D eigenvalue weighted by atomic mass is 79.9. The molecule has 0 N–H and O–H groups in total. The van der Waals surface area contributed by atoms with Crippen LogP contribution in [0.1, 0.15) is 5.56 Å². The zero-order chi connectivity index (χ0) is 10.8. The SMILES string of the molecule is CN(C)/N=C/c1cc2c(cc1Br)OCO2. The summed E-state index contributed by atoms with van der Waals surface area (Å²) in [5.41, 5.74) is 0.966. The summed E-state index contributed by atoms with van der Waals surface area (Å²) in [7, 11) is 3.74. The molecular formula is C10H11BrN2O2. The maximum atomic E-state index is 5.28. The zero-order valence-electron chi connectivity index (χ0n) is 8.53. The third-order valence-electron chi connectivity index (χ3n) is 1.92. The fourth-order valence-electron chi connectivity index (χ4n) is 1.21. The molecule has 1 aromatic carbocycles. The van der Waals surface area contributed by atoms with Gasteiger partial charge in [-0.15, -0.1) is 0 Å². The molecule has 0 spiro atoms. The standard InChI is InChI=1S/C10H11BrN2O2/c1-13(2)12-5-7-3-9-10(4-8(7)11)15-6-14-9/h3-5H,6H2,1-2H3/b12-5+. The number of nitrogens with zero attached hydrogens (tertiary/aromatic N) is 2. The smallest absolute Gasteiger partial charge is 0.231 e. The van der Waals surface area contributed by atoms with Gasteiger partial charge in [-0.2, -0.15) is 5.10 Å². The van der Waals surface area contributed by atoms with Crippen LogP contribution in [-0.4, -0.2) is 32.1 Å². The van der Waals surface area contributed by atoms with E-state index in [2.05, 4.69) is 21.0 Å². The Morgan fingerprint density at radius 2 is 2.00 bits per heavy atom. The maximum Gasteiger partial charge on any atom is 0.231 e. The van der Waals surface area contributed by atoms with E-state index in [1.54, 1.807) is 11.2 Å². The van der Waals surface area contributed by atoms with E-state index in [1.165, 1.54) is 0 Å². The van der Waals surface area contributed by atoms with Crippen LogP contribution >= 0.6 is 15.9 Å². The first-order chi connectivity index (χ1) is 7.16. The summed E-state index contributed by atoms with van der Waals surface area (Å²) in [6.07, 6.45) is 1.77. The third kappa shape index (κ3) is 2.23. The minimum atomic E-state index is 0.288. The maximum absolute atomic E-state index is 5.28. The lowest BCUT2D eigenvalue weighted by Gasteiger charge is -2.04. The van der Waals surface area contributed by atoms with Crippen LogP contribution in [0.2, 0.25) is 0 Å². The molecule has 0 fully saturated rings. The van der Waals surface area contributed by atoms with E-state index in [-0.39, 0.29) is 6.79 Å². The van der Waals surface area contributed by atoms with Crippen LogP contribution in [0, 0.1) is 0 Å². The predicted molar refractivity (Wildman–Crippen MR) is 61.5 cm³/mol. The zero-order valence-corrected chi connectivity index (χ0v) is 10.1. The molecular weight excluding hydrogens is 260 g/mol. The molecule has 0 amide bonds. The molecule has 0 aromatic heterocycles. The van der Waals surface area contributed by atoms with Crippen LogP contribution < -0.4 is 9.47 Å². The number of hydrogen-bond acceptors (Lipinski definition) is 4. The molecule has 4 nitrogen and oxygen atoms in total. The van der Waals surface area contributed by atoms with Crippen LogP contribution in [0.15, 0.2) is 21.7 Å². The molecule has 0 radical (unpaired) electrons. The Balaban J connectivity index is 2.32. The van der Waals surface area contributed by atoms with Crippen LogP contribution in [-0.2, 0) is 0 Å². The summed E-state index contributed by atoms with van der Waals surface area (Å²) in [5.74, 6) is 1.53.